The van der Waals surface area contributed by atoms with Gasteiger partial charge in [-0.2, -0.15) is 0 Å². The SMILES string of the molecule is NCCCCCCC(=O)NCC(=O)N1CCCCC1. The number of carbonyl (C=O) groups is 2. The zero-order valence-corrected chi connectivity index (χ0v) is 11.8. The van der Waals surface area contributed by atoms with E-state index in [1.807, 2.05) is 4.90 Å². The number of amides is 2. The molecular weight excluding hydrogens is 242 g/mol. The van der Waals surface area contributed by atoms with Crippen LogP contribution < -0.4 is 11.1 Å². The van der Waals surface area contributed by atoms with Gasteiger partial charge >= 0.3 is 0 Å². The van der Waals surface area contributed by atoms with Crippen LogP contribution in [0.15, 0.2) is 0 Å². The number of rotatable bonds is 8. The fourth-order valence-corrected chi connectivity index (χ4v) is 2.30. The molecule has 3 N–H and O–H groups in total. The Bertz CT molecular complexity index is 276. The van der Waals surface area contributed by atoms with Crippen LogP contribution in [0.25, 0.3) is 0 Å². The lowest BCUT2D eigenvalue weighted by Gasteiger charge is -2.26. The van der Waals surface area contributed by atoms with E-state index in [9.17, 15) is 9.59 Å². The zero-order valence-electron chi connectivity index (χ0n) is 11.8. The van der Waals surface area contributed by atoms with Crippen LogP contribution in [-0.2, 0) is 9.59 Å². The van der Waals surface area contributed by atoms with Gasteiger partial charge in [-0.1, -0.05) is 12.8 Å². The van der Waals surface area contributed by atoms with Gasteiger partial charge in [0.25, 0.3) is 0 Å². The largest absolute Gasteiger partial charge is 0.347 e. The van der Waals surface area contributed by atoms with E-state index in [0.717, 1.165) is 58.2 Å². The normalized spacial score (nSPS) is 15.3. The summed E-state index contributed by atoms with van der Waals surface area (Å²) < 4.78 is 0. The number of carbonyl (C=O) groups excluding carboxylic acids is 2. The summed E-state index contributed by atoms with van der Waals surface area (Å²) in [6.45, 7) is 2.56. The molecule has 0 spiro atoms. The van der Waals surface area contributed by atoms with Gasteiger partial charge in [0.1, 0.15) is 0 Å². The van der Waals surface area contributed by atoms with Crippen molar-refractivity contribution in [2.24, 2.45) is 5.73 Å². The Labute approximate surface area is 115 Å². The highest BCUT2D eigenvalue weighted by Crippen LogP contribution is 2.08. The standard InChI is InChI=1S/C14H27N3O2/c15-9-5-2-1-4-8-13(18)16-12-14(19)17-10-6-3-7-11-17/h1-12,15H2,(H,16,18). The van der Waals surface area contributed by atoms with Gasteiger partial charge in [0.15, 0.2) is 0 Å². The summed E-state index contributed by atoms with van der Waals surface area (Å²) in [6.07, 6.45) is 7.90. The van der Waals surface area contributed by atoms with Crippen LogP contribution >= 0.6 is 0 Å². The number of hydrogen-bond donors (Lipinski definition) is 2. The molecule has 2 amide bonds. The first-order valence-corrected chi connectivity index (χ1v) is 7.48. The van der Waals surface area contributed by atoms with E-state index in [2.05, 4.69) is 5.32 Å². The number of hydrogen-bond acceptors (Lipinski definition) is 3. The lowest BCUT2D eigenvalue weighted by atomic mass is 10.1. The van der Waals surface area contributed by atoms with Gasteiger partial charge in [-0.15, -0.1) is 0 Å². The molecule has 0 aromatic heterocycles. The minimum Gasteiger partial charge on any atom is -0.347 e. The van der Waals surface area contributed by atoms with E-state index in [-0.39, 0.29) is 18.4 Å². The van der Waals surface area contributed by atoms with Crippen LogP contribution in [0.3, 0.4) is 0 Å². The third kappa shape index (κ3) is 7.15. The van der Waals surface area contributed by atoms with Gasteiger partial charge in [0.2, 0.25) is 11.8 Å². The van der Waals surface area contributed by atoms with Crippen LogP contribution in [0.1, 0.15) is 51.4 Å². The molecule has 0 bridgehead atoms. The summed E-state index contributed by atoms with van der Waals surface area (Å²) in [4.78, 5) is 25.2. The van der Waals surface area contributed by atoms with Crippen LogP contribution in [0.5, 0.6) is 0 Å². The molecule has 0 radical (unpaired) electrons. The Kier molecular flexibility index (Phi) is 8.21. The minimum atomic E-state index is -0.0156. The smallest absolute Gasteiger partial charge is 0.241 e. The number of nitrogens with one attached hydrogen (secondary N) is 1. The lowest BCUT2D eigenvalue weighted by molar-refractivity contribution is -0.133. The molecular formula is C14H27N3O2. The van der Waals surface area contributed by atoms with Gasteiger partial charge in [-0.25, -0.2) is 0 Å². The molecule has 0 atom stereocenters. The van der Waals surface area contributed by atoms with E-state index < -0.39 is 0 Å². The summed E-state index contributed by atoms with van der Waals surface area (Å²) in [5, 5.41) is 2.72. The third-order valence-electron chi connectivity index (χ3n) is 3.50. The van der Waals surface area contributed by atoms with Crippen molar-refractivity contribution in [1.82, 2.24) is 10.2 Å². The van der Waals surface area contributed by atoms with Crippen LogP contribution in [0.2, 0.25) is 0 Å². The fourth-order valence-electron chi connectivity index (χ4n) is 2.30. The van der Waals surface area contributed by atoms with Crippen molar-refractivity contribution < 1.29 is 9.59 Å². The molecule has 1 heterocycles. The third-order valence-corrected chi connectivity index (χ3v) is 3.50. The molecule has 19 heavy (non-hydrogen) atoms. The number of piperidine rings is 1. The average molecular weight is 269 g/mol. The van der Waals surface area contributed by atoms with Crippen molar-refractivity contribution in [3.63, 3.8) is 0 Å². The highest BCUT2D eigenvalue weighted by atomic mass is 16.2. The summed E-state index contributed by atoms with van der Waals surface area (Å²) >= 11 is 0. The van der Waals surface area contributed by atoms with Crippen LogP contribution in [-0.4, -0.2) is 42.9 Å². The monoisotopic (exact) mass is 269 g/mol. The second-order valence-electron chi connectivity index (χ2n) is 5.17. The Hall–Kier alpha value is -1.10. The highest BCUT2D eigenvalue weighted by Gasteiger charge is 2.16. The maximum Gasteiger partial charge on any atom is 0.241 e. The van der Waals surface area contributed by atoms with E-state index in [1.54, 1.807) is 0 Å². The van der Waals surface area contributed by atoms with Crippen molar-refractivity contribution in [3.05, 3.63) is 0 Å². The van der Waals surface area contributed by atoms with Crippen molar-refractivity contribution in [3.8, 4) is 0 Å². The van der Waals surface area contributed by atoms with E-state index in [4.69, 9.17) is 5.73 Å². The maximum atomic E-state index is 11.8. The van der Waals surface area contributed by atoms with Gasteiger partial charge in [-0.3, -0.25) is 9.59 Å². The molecule has 1 saturated heterocycles. The molecule has 5 heteroatoms. The van der Waals surface area contributed by atoms with E-state index in [1.165, 1.54) is 6.42 Å². The summed E-state index contributed by atoms with van der Waals surface area (Å²) in [6, 6.07) is 0. The number of likely N-dealkylation sites (tertiary alicyclic amines) is 1. The minimum absolute atomic E-state index is 0.0156. The van der Waals surface area contributed by atoms with Gasteiger partial charge < -0.3 is 16.0 Å². The second-order valence-corrected chi connectivity index (χ2v) is 5.17. The molecule has 1 rings (SSSR count). The van der Waals surface area contributed by atoms with Crippen LogP contribution in [0, 0.1) is 0 Å². The molecule has 0 unspecified atom stereocenters. The van der Waals surface area contributed by atoms with Gasteiger partial charge in [0, 0.05) is 19.5 Å². The fraction of sp³-hybridized carbons (Fsp3) is 0.857. The van der Waals surface area contributed by atoms with Crippen molar-refractivity contribution in [2.75, 3.05) is 26.2 Å². The van der Waals surface area contributed by atoms with Gasteiger partial charge in [0.05, 0.1) is 6.54 Å². The molecule has 0 saturated carbocycles. The van der Waals surface area contributed by atoms with Crippen LogP contribution in [0.4, 0.5) is 0 Å². The Morgan fingerprint density at radius 3 is 2.37 bits per heavy atom. The van der Waals surface area contributed by atoms with E-state index in [0.29, 0.717) is 6.42 Å². The highest BCUT2D eigenvalue weighted by molar-refractivity contribution is 5.84. The summed E-state index contributed by atoms with van der Waals surface area (Å²) in [7, 11) is 0. The molecule has 0 aromatic carbocycles. The molecule has 1 aliphatic rings. The topological polar surface area (TPSA) is 75.4 Å². The number of nitrogens with zero attached hydrogens (tertiary/aromatic N) is 1. The zero-order chi connectivity index (χ0) is 13.9. The Morgan fingerprint density at radius 1 is 1.00 bits per heavy atom. The molecule has 1 fully saturated rings. The predicted molar refractivity (Wildman–Crippen MR) is 75.6 cm³/mol. The number of unbranched alkanes of at least 4 members (excludes halogenated alkanes) is 3. The first-order chi connectivity index (χ1) is 9.24. The van der Waals surface area contributed by atoms with E-state index >= 15 is 0 Å². The maximum absolute atomic E-state index is 11.8. The quantitative estimate of drug-likeness (QED) is 0.646. The average Bonchev–Trinajstić information content (AvgIpc) is 2.45. The summed E-state index contributed by atoms with van der Waals surface area (Å²) in [5.41, 5.74) is 5.40. The first-order valence-electron chi connectivity index (χ1n) is 7.48. The molecule has 110 valence electrons. The first kappa shape index (κ1) is 16.0. The van der Waals surface area contributed by atoms with Crippen molar-refractivity contribution in [1.29, 1.82) is 0 Å². The summed E-state index contributed by atoms with van der Waals surface area (Å²) in [5.74, 6) is 0.0364. The number of nitrogens with two attached hydrogens (primary N) is 1. The molecule has 5 nitrogen and oxygen atoms in total. The molecule has 1 aliphatic heterocycles. The molecule has 0 aromatic rings. The predicted octanol–water partition coefficient (Wildman–Crippen LogP) is 1.02. The van der Waals surface area contributed by atoms with Crippen molar-refractivity contribution in [2.45, 2.75) is 51.4 Å². The van der Waals surface area contributed by atoms with Crippen molar-refractivity contribution >= 4 is 11.8 Å². The second kappa shape index (κ2) is 9.78. The molecule has 0 aliphatic carbocycles. The Balaban J connectivity index is 2.03. The van der Waals surface area contributed by atoms with Gasteiger partial charge in [-0.05, 0) is 38.6 Å². The Morgan fingerprint density at radius 2 is 1.68 bits per heavy atom. The lowest BCUT2D eigenvalue weighted by Crippen LogP contribution is -2.42.